The minimum atomic E-state index is -2.09. The van der Waals surface area contributed by atoms with Crippen LogP contribution in [0.4, 0.5) is 23.2 Å². The van der Waals surface area contributed by atoms with E-state index in [2.05, 4.69) is 5.32 Å². The van der Waals surface area contributed by atoms with E-state index in [0.29, 0.717) is 0 Å². The highest BCUT2D eigenvalue weighted by Gasteiger charge is 2.23. The molecule has 0 aliphatic heterocycles. The van der Waals surface area contributed by atoms with Gasteiger partial charge in [0.1, 0.15) is 0 Å². The van der Waals surface area contributed by atoms with Crippen molar-refractivity contribution < 1.29 is 27.2 Å². The van der Waals surface area contributed by atoms with E-state index in [0.717, 1.165) is 0 Å². The van der Waals surface area contributed by atoms with Crippen LogP contribution in [-0.2, 0) is 0 Å². The number of hydrogen-bond acceptors (Lipinski definition) is 2. The van der Waals surface area contributed by atoms with E-state index in [9.17, 15) is 27.2 Å². The number of hydrogen-bond donors (Lipinski definition) is 2. The van der Waals surface area contributed by atoms with Crippen LogP contribution < -0.4 is 11.1 Å². The van der Waals surface area contributed by atoms with Crippen LogP contribution in [0.3, 0.4) is 0 Å². The second kappa shape index (κ2) is 5.84. The summed E-state index contributed by atoms with van der Waals surface area (Å²) in [6.45, 7) is 0. The highest BCUT2D eigenvalue weighted by molar-refractivity contribution is 6.05. The number of nitrogens with one attached hydrogen (secondary N) is 1. The Labute approximate surface area is 121 Å². The van der Waals surface area contributed by atoms with Crippen molar-refractivity contribution in [3.63, 3.8) is 0 Å². The maximum absolute atomic E-state index is 13.5. The van der Waals surface area contributed by atoms with Gasteiger partial charge in [0, 0.05) is 11.3 Å². The standard InChI is InChI=1S/C14H8F4N2O2/c15-9-5-8(10(16)12(18)11(9)17)14(22)20-7-3-1-2-6(4-7)13(19)21/h1-5H,(H2,19,21)(H,20,22). The fraction of sp³-hybridized carbons (Fsp3) is 0. The highest BCUT2D eigenvalue weighted by Crippen LogP contribution is 2.20. The van der Waals surface area contributed by atoms with Gasteiger partial charge in [-0.2, -0.15) is 0 Å². The lowest BCUT2D eigenvalue weighted by Gasteiger charge is -2.08. The molecule has 0 radical (unpaired) electrons. The Kier molecular flexibility index (Phi) is 4.11. The predicted octanol–water partition coefficient (Wildman–Crippen LogP) is 2.59. The summed E-state index contributed by atoms with van der Waals surface area (Å²) in [6, 6.07) is 5.53. The maximum Gasteiger partial charge on any atom is 0.258 e. The van der Waals surface area contributed by atoms with Crippen molar-refractivity contribution in [3.05, 3.63) is 64.7 Å². The van der Waals surface area contributed by atoms with Crippen molar-refractivity contribution in [1.82, 2.24) is 0 Å². The van der Waals surface area contributed by atoms with Gasteiger partial charge in [0.2, 0.25) is 5.91 Å². The van der Waals surface area contributed by atoms with Gasteiger partial charge in [-0.1, -0.05) is 6.07 Å². The Morgan fingerprint density at radius 3 is 2.27 bits per heavy atom. The SMILES string of the molecule is NC(=O)c1cccc(NC(=O)c2cc(F)c(F)c(F)c2F)c1. The summed E-state index contributed by atoms with van der Waals surface area (Å²) in [5.41, 5.74) is 4.15. The molecule has 0 saturated carbocycles. The molecule has 0 bridgehead atoms. The van der Waals surface area contributed by atoms with Crippen LogP contribution in [0.1, 0.15) is 20.7 Å². The molecule has 3 N–H and O–H groups in total. The number of rotatable bonds is 3. The lowest BCUT2D eigenvalue weighted by Crippen LogP contribution is -2.17. The molecule has 2 rings (SSSR count). The third kappa shape index (κ3) is 2.90. The van der Waals surface area contributed by atoms with Gasteiger partial charge >= 0.3 is 0 Å². The van der Waals surface area contributed by atoms with Gasteiger partial charge in [0.25, 0.3) is 5.91 Å². The molecule has 0 spiro atoms. The van der Waals surface area contributed by atoms with Gasteiger partial charge in [0.05, 0.1) is 5.56 Å². The molecule has 2 amide bonds. The van der Waals surface area contributed by atoms with Crippen molar-refractivity contribution in [1.29, 1.82) is 0 Å². The molecule has 0 heterocycles. The second-order valence-electron chi connectivity index (χ2n) is 4.25. The zero-order valence-corrected chi connectivity index (χ0v) is 10.8. The smallest absolute Gasteiger partial charge is 0.258 e. The maximum atomic E-state index is 13.5. The number of amides is 2. The molecule has 0 aliphatic rings. The molecule has 0 unspecified atom stereocenters. The van der Waals surface area contributed by atoms with Crippen LogP contribution in [-0.4, -0.2) is 11.8 Å². The topological polar surface area (TPSA) is 72.2 Å². The van der Waals surface area contributed by atoms with E-state index < -0.39 is 40.6 Å². The van der Waals surface area contributed by atoms with Gasteiger partial charge < -0.3 is 11.1 Å². The number of nitrogens with two attached hydrogens (primary N) is 1. The highest BCUT2D eigenvalue weighted by atomic mass is 19.2. The average molecular weight is 312 g/mol. The number of benzene rings is 2. The van der Waals surface area contributed by atoms with Crippen LogP contribution in [0.2, 0.25) is 0 Å². The zero-order valence-electron chi connectivity index (χ0n) is 10.8. The number of anilines is 1. The molecule has 114 valence electrons. The predicted molar refractivity (Wildman–Crippen MR) is 69.2 cm³/mol. The molecule has 2 aromatic carbocycles. The lowest BCUT2D eigenvalue weighted by atomic mass is 10.1. The van der Waals surface area contributed by atoms with E-state index in [-0.39, 0.29) is 17.3 Å². The first-order valence-electron chi connectivity index (χ1n) is 5.85. The van der Waals surface area contributed by atoms with E-state index in [1.807, 2.05) is 0 Å². The molecule has 0 fully saturated rings. The van der Waals surface area contributed by atoms with Gasteiger partial charge in [-0.05, 0) is 24.3 Å². The van der Waals surface area contributed by atoms with Crippen molar-refractivity contribution in [2.75, 3.05) is 5.32 Å². The first-order chi connectivity index (χ1) is 10.3. The van der Waals surface area contributed by atoms with Crippen LogP contribution in [0, 0.1) is 23.3 Å². The molecule has 0 aromatic heterocycles. The first-order valence-corrected chi connectivity index (χ1v) is 5.85. The monoisotopic (exact) mass is 312 g/mol. The summed E-state index contributed by atoms with van der Waals surface area (Å²) in [5.74, 6) is -9.59. The van der Waals surface area contributed by atoms with Crippen molar-refractivity contribution >= 4 is 17.5 Å². The summed E-state index contributed by atoms with van der Waals surface area (Å²) in [4.78, 5) is 22.8. The summed E-state index contributed by atoms with van der Waals surface area (Å²) >= 11 is 0. The lowest BCUT2D eigenvalue weighted by molar-refractivity contribution is 0.0995. The van der Waals surface area contributed by atoms with E-state index in [1.54, 1.807) is 0 Å². The normalized spacial score (nSPS) is 10.4. The second-order valence-corrected chi connectivity index (χ2v) is 4.25. The number of carbonyl (C=O) groups is 2. The Morgan fingerprint density at radius 2 is 1.64 bits per heavy atom. The third-order valence-electron chi connectivity index (χ3n) is 2.75. The van der Waals surface area contributed by atoms with Crippen LogP contribution in [0.15, 0.2) is 30.3 Å². The van der Waals surface area contributed by atoms with Crippen molar-refractivity contribution in [2.24, 2.45) is 5.73 Å². The fourth-order valence-electron chi connectivity index (χ4n) is 1.69. The molecule has 0 atom stereocenters. The molecule has 22 heavy (non-hydrogen) atoms. The summed E-state index contributed by atoms with van der Waals surface area (Å²) in [7, 11) is 0. The van der Waals surface area contributed by atoms with E-state index in [1.165, 1.54) is 24.3 Å². The Morgan fingerprint density at radius 1 is 0.955 bits per heavy atom. The van der Waals surface area contributed by atoms with Crippen LogP contribution in [0.25, 0.3) is 0 Å². The van der Waals surface area contributed by atoms with E-state index in [4.69, 9.17) is 5.73 Å². The summed E-state index contributed by atoms with van der Waals surface area (Å²) in [6.07, 6.45) is 0. The zero-order chi connectivity index (χ0) is 16.4. The van der Waals surface area contributed by atoms with Gasteiger partial charge in [-0.3, -0.25) is 9.59 Å². The fourth-order valence-corrected chi connectivity index (χ4v) is 1.69. The number of halogens is 4. The van der Waals surface area contributed by atoms with Crippen molar-refractivity contribution in [3.8, 4) is 0 Å². The molecule has 2 aromatic rings. The molecular weight excluding hydrogens is 304 g/mol. The third-order valence-corrected chi connectivity index (χ3v) is 2.75. The number of carbonyl (C=O) groups excluding carboxylic acids is 2. The summed E-state index contributed by atoms with van der Waals surface area (Å²) < 4.78 is 52.5. The van der Waals surface area contributed by atoms with Gasteiger partial charge in [-0.25, -0.2) is 17.6 Å². The Balaban J connectivity index is 2.34. The largest absolute Gasteiger partial charge is 0.366 e. The van der Waals surface area contributed by atoms with Crippen molar-refractivity contribution in [2.45, 2.75) is 0 Å². The molecule has 8 heteroatoms. The first kappa shape index (κ1) is 15.5. The molecule has 0 saturated heterocycles. The molecule has 4 nitrogen and oxygen atoms in total. The average Bonchev–Trinajstić information content (AvgIpc) is 2.49. The van der Waals surface area contributed by atoms with Crippen LogP contribution >= 0.6 is 0 Å². The van der Waals surface area contributed by atoms with E-state index >= 15 is 0 Å². The quantitative estimate of drug-likeness (QED) is 0.519. The van der Waals surface area contributed by atoms with Gasteiger partial charge in [0.15, 0.2) is 23.3 Å². The Hall–Kier alpha value is -2.90. The summed E-state index contributed by atoms with van der Waals surface area (Å²) in [5, 5.41) is 2.13. The number of primary amides is 1. The Bertz CT molecular complexity index is 778. The molecule has 0 aliphatic carbocycles. The molecular formula is C14H8F4N2O2. The van der Waals surface area contributed by atoms with Gasteiger partial charge in [-0.15, -0.1) is 0 Å². The minimum Gasteiger partial charge on any atom is -0.366 e. The minimum absolute atomic E-state index is 0.0471. The van der Waals surface area contributed by atoms with Crippen LogP contribution in [0.5, 0.6) is 0 Å².